The SMILES string of the molecule is CC(=O)Oc1ccccc1[C@@H]1SC(C)(C)[C@H](C(=O)O)N1C(C)=O. The van der Waals surface area contributed by atoms with Crippen LogP contribution in [0, 0.1) is 0 Å². The van der Waals surface area contributed by atoms with Crippen LogP contribution in [0.4, 0.5) is 0 Å². The average molecular weight is 337 g/mol. The quantitative estimate of drug-likeness (QED) is 0.674. The lowest BCUT2D eigenvalue weighted by Crippen LogP contribution is -2.48. The molecule has 0 spiro atoms. The summed E-state index contributed by atoms with van der Waals surface area (Å²) in [6, 6.07) is 5.91. The fraction of sp³-hybridized carbons (Fsp3) is 0.438. The van der Waals surface area contributed by atoms with Gasteiger partial charge in [0.15, 0.2) is 0 Å². The third-order valence-corrected chi connectivity index (χ3v) is 5.18. The minimum Gasteiger partial charge on any atom is -0.480 e. The third-order valence-electron chi connectivity index (χ3n) is 3.64. The molecule has 0 radical (unpaired) electrons. The second-order valence-corrected chi connectivity index (χ2v) is 7.61. The van der Waals surface area contributed by atoms with Gasteiger partial charge in [0.05, 0.1) is 0 Å². The number of aliphatic carboxylic acids is 1. The number of amides is 1. The van der Waals surface area contributed by atoms with Gasteiger partial charge in [-0.15, -0.1) is 11.8 Å². The van der Waals surface area contributed by atoms with Crippen molar-refractivity contribution in [1.82, 2.24) is 4.90 Å². The highest BCUT2D eigenvalue weighted by molar-refractivity contribution is 8.01. The van der Waals surface area contributed by atoms with Crippen LogP contribution in [-0.4, -0.2) is 38.6 Å². The van der Waals surface area contributed by atoms with Crippen molar-refractivity contribution in [2.45, 2.75) is 43.9 Å². The minimum atomic E-state index is -1.05. The number of rotatable bonds is 3. The molecule has 1 aliphatic heterocycles. The molecular formula is C16H19NO5S. The number of carbonyl (C=O) groups excluding carboxylic acids is 2. The van der Waals surface area contributed by atoms with Crippen LogP contribution in [0.1, 0.15) is 38.6 Å². The summed E-state index contributed by atoms with van der Waals surface area (Å²) in [5, 5.41) is 9.03. The largest absolute Gasteiger partial charge is 0.480 e. The normalized spacial score (nSPS) is 22.7. The lowest BCUT2D eigenvalue weighted by atomic mass is 10.0. The Balaban J connectivity index is 2.52. The molecule has 0 bridgehead atoms. The van der Waals surface area contributed by atoms with Gasteiger partial charge in [-0.05, 0) is 19.9 Å². The van der Waals surface area contributed by atoms with Gasteiger partial charge in [-0.1, -0.05) is 18.2 Å². The van der Waals surface area contributed by atoms with Crippen LogP contribution in [-0.2, 0) is 14.4 Å². The van der Waals surface area contributed by atoms with Crippen molar-refractivity contribution < 1.29 is 24.2 Å². The zero-order chi connectivity index (χ0) is 17.4. The average Bonchev–Trinajstić information content (AvgIpc) is 2.70. The van der Waals surface area contributed by atoms with Crippen LogP contribution in [0.2, 0.25) is 0 Å². The van der Waals surface area contributed by atoms with Gasteiger partial charge in [-0.2, -0.15) is 0 Å². The molecule has 1 heterocycles. The van der Waals surface area contributed by atoms with Gasteiger partial charge in [0.2, 0.25) is 5.91 Å². The molecule has 1 saturated heterocycles. The molecular weight excluding hydrogens is 318 g/mol. The van der Waals surface area contributed by atoms with E-state index in [1.165, 1.54) is 30.5 Å². The van der Waals surface area contributed by atoms with E-state index in [1.807, 2.05) is 0 Å². The van der Waals surface area contributed by atoms with Crippen molar-refractivity contribution in [3.63, 3.8) is 0 Å². The zero-order valence-electron chi connectivity index (χ0n) is 13.4. The highest BCUT2D eigenvalue weighted by Crippen LogP contribution is 2.53. The molecule has 0 aliphatic carbocycles. The van der Waals surface area contributed by atoms with Crippen LogP contribution in [0.15, 0.2) is 24.3 Å². The lowest BCUT2D eigenvalue weighted by Gasteiger charge is -2.29. The van der Waals surface area contributed by atoms with E-state index in [9.17, 15) is 19.5 Å². The molecule has 0 aromatic heterocycles. The van der Waals surface area contributed by atoms with Crippen molar-refractivity contribution in [3.8, 4) is 5.75 Å². The van der Waals surface area contributed by atoms with Gasteiger partial charge < -0.3 is 14.7 Å². The van der Waals surface area contributed by atoms with E-state index >= 15 is 0 Å². The highest BCUT2D eigenvalue weighted by atomic mass is 32.2. The Morgan fingerprint density at radius 3 is 2.35 bits per heavy atom. The Hall–Kier alpha value is -2.02. The first-order chi connectivity index (χ1) is 10.6. The van der Waals surface area contributed by atoms with Gasteiger partial charge in [0.25, 0.3) is 0 Å². The summed E-state index contributed by atoms with van der Waals surface area (Å²) in [5.41, 5.74) is 0.611. The summed E-state index contributed by atoms with van der Waals surface area (Å²) in [7, 11) is 0. The number of hydrogen-bond donors (Lipinski definition) is 1. The van der Waals surface area contributed by atoms with Crippen LogP contribution in [0.25, 0.3) is 0 Å². The van der Waals surface area contributed by atoms with Crippen molar-refractivity contribution in [3.05, 3.63) is 29.8 Å². The van der Waals surface area contributed by atoms with Crippen molar-refractivity contribution in [1.29, 1.82) is 0 Å². The highest BCUT2D eigenvalue weighted by Gasteiger charge is 2.53. The number of carbonyl (C=O) groups is 3. The zero-order valence-corrected chi connectivity index (χ0v) is 14.2. The Kier molecular flexibility index (Phi) is 4.70. The van der Waals surface area contributed by atoms with E-state index in [-0.39, 0.29) is 5.91 Å². The summed E-state index contributed by atoms with van der Waals surface area (Å²) in [6.45, 7) is 6.23. The number of carboxylic acids is 1. The van der Waals surface area contributed by atoms with E-state index < -0.39 is 28.1 Å². The first-order valence-corrected chi connectivity index (χ1v) is 8.00. The molecule has 1 amide bonds. The molecule has 1 aromatic carbocycles. The van der Waals surface area contributed by atoms with E-state index in [2.05, 4.69) is 0 Å². The molecule has 6 nitrogen and oxygen atoms in total. The summed E-state index contributed by atoms with van der Waals surface area (Å²) >= 11 is 1.37. The summed E-state index contributed by atoms with van der Waals surface area (Å²) in [5.74, 6) is -1.52. The van der Waals surface area contributed by atoms with Crippen LogP contribution < -0.4 is 4.74 Å². The van der Waals surface area contributed by atoms with Crippen molar-refractivity contribution in [2.75, 3.05) is 0 Å². The Labute approximate surface area is 138 Å². The number of hydrogen-bond acceptors (Lipinski definition) is 5. The first kappa shape index (κ1) is 17.3. The molecule has 0 unspecified atom stereocenters. The third kappa shape index (κ3) is 3.34. The molecule has 124 valence electrons. The standard InChI is InChI=1S/C16H19NO5S/c1-9(18)17-13(15(20)21)16(3,4)23-14(17)11-7-5-6-8-12(11)22-10(2)19/h5-8,13-14H,1-4H3,(H,20,21)/t13-,14-/m0/s1. The Morgan fingerprint density at radius 1 is 1.22 bits per heavy atom. The first-order valence-electron chi connectivity index (χ1n) is 7.12. The van der Waals surface area contributed by atoms with Gasteiger partial charge in [0.1, 0.15) is 17.2 Å². The van der Waals surface area contributed by atoms with Crippen LogP contribution >= 0.6 is 11.8 Å². The topological polar surface area (TPSA) is 83.9 Å². The fourth-order valence-electron chi connectivity index (χ4n) is 2.79. The minimum absolute atomic E-state index is 0.335. The number of carboxylic acid groups (broad SMARTS) is 1. The van der Waals surface area contributed by atoms with E-state index in [0.29, 0.717) is 11.3 Å². The van der Waals surface area contributed by atoms with Gasteiger partial charge in [0, 0.05) is 24.2 Å². The molecule has 23 heavy (non-hydrogen) atoms. The summed E-state index contributed by atoms with van der Waals surface area (Å²) < 4.78 is 4.54. The number of para-hydroxylation sites is 1. The summed E-state index contributed by atoms with van der Waals surface area (Å²) in [4.78, 5) is 36.4. The monoisotopic (exact) mass is 337 g/mol. The van der Waals surface area contributed by atoms with Crippen LogP contribution in [0.5, 0.6) is 5.75 Å². The number of esters is 1. The van der Waals surface area contributed by atoms with Crippen LogP contribution in [0.3, 0.4) is 0 Å². The van der Waals surface area contributed by atoms with Crippen molar-refractivity contribution in [2.24, 2.45) is 0 Å². The molecule has 1 aromatic rings. The Bertz CT molecular complexity index is 658. The number of benzene rings is 1. The smallest absolute Gasteiger partial charge is 0.327 e. The van der Waals surface area contributed by atoms with E-state index in [4.69, 9.17) is 4.74 Å². The second kappa shape index (κ2) is 6.23. The number of ether oxygens (including phenoxy) is 1. The van der Waals surface area contributed by atoms with Gasteiger partial charge >= 0.3 is 11.9 Å². The number of nitrogens with zero attached hydrogens (tertiary/aromatic N) is 1. The predicted octanol–water partition coefficient (Wildman–Crippen LogP) is 2.44. The maximum atomic E-state index is 12.1. The lowest BCUT2D eigenvalue weighted by molar-refractivity contribution is -0.150. The van der Waals surface area contributed by atoms with Gasteiger partial charge in [-0.3, -0.25) is 9.59 Å². The van der Waals surface area contributed by atoms with Gasteiger partial charge in [-0.25, -0.2) is 4.79 Å². The maximum Gasteiger partial charge on any atom is 0.327 e. The van der Waals surface area contributed by atoms with E-state index in [0.717, 1.165) is 0 Å². The molecule has 2 rings (SSSR count). The fourth-order valence-corrected chi connectivity index (χ4v) is 4.41. The number of thioether (sulfide) groups is 1. The molecule has 1 N–H and O–H groups in total. The van der Waals surface area contributed by atoms with Crippen molar-refractivity contribution >= 4 is 29.6 Å². The molecule has 2 atom stereocenters. The molecule has 1 fully saturated rings. The van der Waals surface area contributed by atoms with E-state index in [1.54, 1.807) is 38.1 Å². The molecule has 1 aliphatic rings. The second-order valence-electron chi connectivity index (χ2n) is 5.87. The molecule has 7 heteroatoms. The maximum absolute atomic E-state index is 12.1. The molecule has 0 saturated carbocycles. The summed E-state index contributed by atoms with van der Waals surface area (Å²) in [6.07, 6.45) is 0. The predicted molar refractivity (Wildman–Crippen MR) is 86.1 cm³/mol. The Morgan fingerprint density at radius 2 is 1.83 bits per heavy atom.